The van der Waals surface area contributed by atoms with Gasteiger partial charge in [-0.05, 0) is 13.8 Å². The van der Waals surface area contributed by atoms with Crippen LogP contribution in [0.5, 0.6) is 0 Å². The number of carboxylic acids is 1. The molecule has 1 atom stereocenters. The van der Waals surface area contributed by atoms with Crippen molar-refractivity contribution < 1.29 is 14.6 Å². The Morgan fingerprint density at radius 2 is 2.37 bits per heavy atom. The largest absolute Gasteiger partial charge is 0.480 e. The first-order chi connectivity index (χ1) is 9.04. The second-order valence-corrected chi connectivity index (χ2v) is 4.94. The van der Waals surface area contributed by atoms with Crippen LogP contribution in [-0.2, 0) is 22.6 Å². The van der Waals surface area contributed by atoms with Gasteiger partial charge in [-0.3, -0.25) is 14.4 Å². The molecule has 1 N–H and O–H groups in total. The molecule has 1 aromatic rings. The van der Waals surface area contributed by atoms with Gasteiger partial charge in [0.2, 0.25) is 0 Å². The average Bonchev–Trinajstić information content (AvgIpc) is 2.67. The van der Waals surface area contributed by atoms with Crippen LogP contribution < -0.4 is 0 Å². The van der Waals surface area contributed by atoms with Crippen molar-refractivity contribution in [2.45, 2.75) is 33.0 Å². The quantitative estimate of drug-likeness (QED) is 0.900. The molecule has 7 heteroatoms. The van der Waals surface area contributed by atoms with Gasteiger partial charge >= 0.3 is 5.97 Å². The van der Waals surface area contributed by atoms with E-state index in [1.165, 1.54) is 0 Å². The average molecular weight is 288 g/mol. The third-order valence-electron chi connectivity index (χ3n) is 3.33. The monoisotopic (exact) mass is 287 g/mol. The summed E-state index contributed by atoms with van der Waals surface area (Å²) in [7, 11) is 0. The predicted octanol–water partition coefficient (Wildman–Crippen LogP) is 1.15. The van der Waals surface area contributed by atoms with Crippen LogP contribution in [0.1, 0.15) is 18.3 Å². The van der Waals surface area contributed by atoms with Crippen molar-refractivity contribution in [3.8, 4) is 0 Å². The van der Waals surface area contributed by atoms with Crippen molar-refractivity contribution in [1.82, 2.24) is 14.7 Å². The fraction of sp³-hybridized carbons (Fsp3) is 0.667. The molecule has 1 aliphatic heterocycles. The van der Waals surface area contributed by atoms with Crippen molar-refractivity contribution >= 4 is 17.6 Å². The van der Waals surface area contributed by atoms with E-state index in [-0.39, 0.29) is 6.61 Å². The number of carboxylic acid groups (broad SMARTS) is 1. The molecule has 1 unspecified atom stereocenters. The van der Waals surface area contributed by atoms with E-state index in [4.69, 9.17) is 16.3 Å². The number of hydrogen-bond donors (Lipinski definition) is 1. The van der Waals surface area contributed by atoms with Gasteiger partial charge < -0.3 is 9.84 Å². The number of aromatic nitrogens is 2. The number of ether oxygens (including phenoxy) is 1. The first kappa shape index (κ1) is 14.3. The fourth-order valence-electron chi connectivity index (χ4n) is 2.27. The highest BCUT2D eigenvalue weighted by molar-refractivity contribution is 6.31. The van der Waals surface area contributed by atoms with E-state index in [9.17, 15) is 9.90 Å². The molecule has 1 aliphatic rings. The predicted molar refractivity (Wildman–Crippen MR) is 70.3 cm³/mol. The van der Waals surface area contributed by atoms with Gasteiger partial charge in [-0.1, -0.05) is 11.6 Å². The minimum atomic E-state index is -0.866. The summed E-state index contributed by atoms with van der Waals surface area (Å²) in [5, 5.41) is 14.2. The molecule has 0 bridgehead atoms. The smallest absolute Gasteiger partial charge is 0.323 e. The Morgan fingerprint density at radius 1 is 1.63 bits per heavy atom. The molecule has 0 amide bonds. The molecule has 0 saturated carbocycles. The number of rotatable bonds is 4. The molecular formula is C12H18ClN3O3. The van der Waals surface area contributed by atoms with Gasteiger partial charge in [0.05, 0.1) is 29.6 Å². The summed E-state index contributed by atoms with van der Waals surface area (Å²) in [6.07, 6.45) is 0. The van der Waals surface area contributed by atoms with E-state index in [2.05, 4.69) is 5.10 Å². The summed E-state index contributed by atoms with van der Waals surface area (Å²) in [5.41, 5.74) is 1.65. The molecule has 6 nitrogen and oxygen atoms in total. The van der Waals surface area contributed by atoms with E-state index in [0.717, 1.165) is 11.4 Å². The highest BCUT2D eigenvalue weighted by Crippen LogP contribution is 2.23. The van der Waals surface area contributed by atoms with Gasteiger partial charge in [0.1, 0.15) is 6.04 Å². The summed E-state index contributed by atoms with van der Waals surface area (Å²) in [6.45, 7) is 6.37. The zero-order valence-corrected chi connectivity index (χ0v) is 11.9. The topological polar surface area (TPSA) is 67.6 Å². The van der Waals surface area contributed by atoms with Crippen molar-refractivity contribution in [3.63, 3.8) is 0 Å². The van der Waals surface area contributed by atoms with Crippen LogP contribution in [0.3, 0.4) is 0 Å². The van der Waals surface area contributed by atoms with Crippen molar-refractivity contribution in [3.05, 3.63) is 16.4 Å². The van der Waals surface area contributed by atoms with Crippen LogP contribution in [0.4, 0.5) is 0 Å². The summed E-state index contributed by atoms with van der Waals surface area (Å²) in [4.78, 5) is 13.1. The van der Waals surface area contributed by atoms with E-state index in [1.54, 1.807) is 0 Å². The van der Waals surface area contributed by atoms with Crippen LogP contribution >= 0.6 is 11.6 Å². The van der Waals surface area contributed by atoms with Crippen LogP contribution in [0.15, 0.2) is 0 Å². The number of aliphatic carboxylic acids is 1. The molecule has 1 aromatic heterocycles. The normalized spacial score (nSPS) is 20.7. The summed E-state index contributed by atoms with van der Waals surface area (Å²) in [6, 6.07) is -0.620. The zero-order valence-electron chi connectivity index (χ0n) is 11.1. The molecule has 0 aliphatic carbocycles. The third-order valence-corrected chi connectivity index (χ3v) is 3.82. The Balaban J connectivity index is 2.21. The van der Waals surface area contributed by atoms with Gasteiger partial charge in [0.25, 0.3) is 0 Å². The van der Waals surface area contributed by atoms with Crippen molar-refractivity contribution in [2.75, 3.05) is 19.8 Å². The number of hydrogen-bond acceptors (Lipinski definition) is 4. The Bertz CT molecular complexity index is 475. The standard InChI is InChI=1S/C12H18ClN3O3/c1-3-16-9(11(13)8(2)14-16)6-15-4-5-19-7-10(15)12(17)18/h10H,3-7H2,1-2H3,(H,17,18). The van der Waals surface area contributed by atoms with E-state index in [1.807, 2.05) is 23.4 Å². The summed E-state index contributed by atoms with van der Waals surface area (Å²) >= 11 is 6.25. The number of morpholine rings is 1. The summed E-state index contributed by atoms with van der Waals surface area (Å²) < 4.78 is 7.05. The Morgan fingerprint density at radius 3 is 3.00 bits per heavy atom. The molecule has 0 aromatic carbocycles. The third kappa shape index (κ3) is 2.91. The van der Waals surface area contributed by atoms with E-state index < -0.39 is 12.0 Å². The van der Waals surface area contributed by atoms with Crippen molar-refractivity contribution in [1.29, 1.82) is 0 Å². The molecule has 2 heterocycles. The lowest BCUT2D eigenvalue weighted by molar-refractivity contribution is -0.150. The van der Waals surface area contributed by atoms with Gasteiger partial charge in [0, 0.05) is 19.6 Å². The second-order valence-electron chi connectivity index (χ2n) is 4.56. The molecule has 1 saturated heterocycles. The molecule has 106 valence electrons. The van der Waals surface area contributed by atoms with Crippen LogP contribution in [0.25, 0.3) is 0 Å². The van der Waals surface area contributed by atoms with Gasteiger partial charge in [-0.2, -0.15) is 5.10 Å². The molecule has 19 heavy (non-hydrogen) atoms. The fourth-order valence-corrected chi connectivity index (χ4v) is 2.46. The maximum absolute atomic E-state index is 11.2. The first-order valence-electron chi connectivity index (χ1n) is 6.31. The van der Waals surface area contributed by atoms with Gasteiger partial charge in [-0.25, -0.2) is 0 Å². The number of aryl methyl sites for hydroxylation is 2. The lowest BCUT2D eigenvalue weighted by atomic mass is 10.2. The van der Waals surface area contributed by atoms with Crippen LogP contribution in [0.2, 0.25) is 5.02 Å². The van der Waals surface area contributed by atoms with E-state index in [0.29, 0.717) is 31.3 Å². The number of halogens is 1. The maximum Gasteiger partial charge on any atom is 0.323 e. The Hall–Kier alpha value is -1.11. The molecule has 0 spiro atoms. The Labute approximate surface area is 116 Å². The number of carbonyl (C=O) groups is 1. The SMILES string of the molecule is CCn1nc(C)c(Cl)c1CN1CCOCC1C(=O)O. The van der Waals surface area contributed by atoms with Crippen molar-refractivity contribution in [2.24, 2.45) is 0 Å². The van der Waals surface area contributed by atoms with E-state index >= 15 is 0 Å². The second kappa shape index (κ2) is 5.90. The molecular weight excluding hydrogens is 270 g/mol. The maximum atomic E-state index is 11.2. The Kier molecular flexibility index (Phi) is 4.44. The first-order valence-corrected chi connectivity index (χ1v) is 6.68. The highest BCUT2D eigenvalue weighted by Gasteiger charge is 2.30. The molecule has 0 radical (unpaired) electrons. The highest BCUT2D eigenvalue weighted by atomic mass is 35.5. The minimum Gasteiger partial charge on any atom is -0.480 e. The summed E-state index contributed by atoms with van der Waals surface area (Å²) in [5.74, 6) is -0.866. The minimum absolute atomic E-state index is 0.214. The molecule has 2 rings (SSSR count). The lowest BCUT2D eigenvalue weighted by Crippen LogP contribution is -2.49. The zero-order chi connectivity index (χ0) is 14.0. The van der Waals surface area contributed by atoms with Gasteiger partial charge in [-0.15, -0.1) is 0 Å². The molecule has 1 fully saturated rings. The van der Waals surface area contributed by atoms with Crippen LogP contribution in [0, 0.1) is 6.92 Å². The number of nitrogens with zero attached hydrogens (tertiary/aromatic N) is 3. The lowest BCUT2D eigenvalue weighted by Gasteiger charge is -2.32. The van der Waals surface area contributed by atoms with Crippen LogP contribution in [-0.4, -0.2) is 51.6 Å². The van der Waals surface area contributed by atoms with Gasteiger partial charge in [0.15, 0.2) is 0 Å².